The SMILES string of the molecule is COc1ccc(N2C[C@H](C)Cn3c2nc2c3c(=O)n(CC[NH+]3CCOCC3)c(=O)n2C)cc1. The van der Waals surface area contributed by atoms with Crippen LogP contribution in [0, 0.1) is 5.92 Å². The summed E-state index contributed by atoms with van der Waals surface area (Å²) in [7, 11) is 3.34. The summed E-state index contributed by atoms with van der Waals surface area (Å²) in [5.41, 5.74) is 1.32. The first-order chi connectivity index (χ1) is 16.0. The van der Waals surface area contributed by atoms with E-state index in [1.165, 1.54) is 14.0 Å². The number of hydrogen-bond donors (Lipinski definition) is 1. The third-order valence-electron chi connectivity index (χ3n) is 6.72. The van der Waals surface area contributed by atoms with Crippen molar-refractivity contribution in [2.75, 3.05) is 51.4 Å². The number of morpholine rings is 1. The largest absolute Gasteiger partial charge is 0.497 e. The number of hydrogen-bond acceptors (Lipinski definition) is 6. The number of aryl methyl sites for hydroxylation is 1. The van der Waals surface area contributed by atoms with Gasteiger partial charge in [0, 0.05) is 25.8 Å². The summed E-state index contributed by atoms with van der Waals surface area (Å²) in [5.74, 6) is 1.78. The molecule has 176 valence electrons. The Balaban J connectivity index is 1.58. The maximum absolute atomic E-state index is 13.6. The number of benzene rings is 1. The molecule has 0 radical (unpaired) electrons. The molecule has 0 spiro atoms. The molecule has 1 fully saturated rings. The third-order valence-corrected chi connectivity index (χ3v) is 6.72. The second-order valence-electron chi connectivity index (χ2n) is 9.02. The van der Waals surface area contributed by atoms with Crippen LogP contribution < -0.4 is 25.8 Å². The molecule has 2 aliphatic rings. The molecule has 0 saturated carbocycles. The Morgan fingerprint density at radius 2 is 1.88 bits per heavy atom. The van der Waals surface area contributed by atoms with Gasteiger partial charge in [0.2, 0.25) is 5.95 Å². The molecule has 1 aromatic carbocycles. The van der Waals surface area contributed by atoms with Crippen molar-refractivity contribution in [3.05, 3.63) is 45.1 Å². The lowest BCUT2D eigenvalue weighted by Gasteiger charge is -2.33. The van der Waals surface area contributed by atoms with Gasteiger partial charge in [-0.2, -0.15) is 4.98 Å². The van der Waals surface area contributed by atoms with E-state index in [1.54, 1.807) is 14.2 Å². The van der Waals surface area contributed by atoms with Crippen LogP contribution in [-0.2, 0) is 24.9 Å². The molecule has 1 atom stereocenters. The Kier molecular flexibility index (Phi) is 5.71. The van der Waals surface area contributed by atoms with Gasteiger partial charge < -0.3 is 23.8 Å². The first-order valence-corrected chi connectivity index (χ1v) is 11.5. The highest BCUT2D eigenvalue weighted by atomic mass is 16.5. The molecule has 0 unspecified atom stereocenters. The van der Waals surface area contributed by atoms with E-state index >= 15 is 0 Å². The van der Waals surface area contributed by atoms with Crippen LogP contribution in [0.3, 0.4) is 0 Å². The molecule has 0 aliphatic carbocycles. The van der Waals surface area contributed by atoms with Crippen LogP contribution in [0.4, 0.5) is 11.6 Å². The first-order valence-electron chi connectivity index (χ1n) is 11.5. The van der Waals surface area contributed by atoms with E-state index in [9.17, 15) is 9.59 Å². The van der Waals surface area contributed by atoms with Gasteiger partial charge in [0.15, 0.2) is 11.2 Å². The van der Waals surface area contributed by atoms with Crippen molar-refractivity contribution in [1.29, 1.82) is 0 Å². The summed E-state index contributed by atoms with van der Waals surface area (Å²) in [5, 5.41) is 0. The lowest BCUT2D eigenvalue weighted by molar-refractivity contribution is -0.908. The van der Waals surface area contributed by atoms with Crippen LogP contribution in [0.1, 0.15) is 6.92 Å². The van der Waals surface area contributed by atoms with Gasteiger partial charge >= 0.3 is 5.69 Å². The van der Waals surface area contributed by atoms with E-state index in [4.69, 9.17) is 14.5 Å². The number of nitrogens with one attached hydrogen (secondary N) is 1. The zero-order chi connectivity index (χ0) is 23.1. The van der Waals surface area contributed by atoms with E-state index in [-0.39, 0.29) is 11.2 Å². The van der Waals surface area contributed by atoms with Crippen molar-refractivity contribution in [2.45, 2.75) is 20.0 Å². The molecule has 3 aromatic rings. The van der Waals surface area contributed by atoms with Crippen molar-refractivity contribution in [1.82, 2.24) is 18.7 Å². The monoisotopic (exact) mass is 455 g/mol. The summed E-state index contributed by atoms with van der Waals surface area (Å²) in [4.78, 5) is 34.9. The average Bonchev–Trinajstić information content (AvgIpc) is 3.22. The van der Waals surface area contributed by atoms with Gasteiger partial charge in [-0.1, -0.05) is 6.92 Å². The Hall–Kier alpha value is -3.11. The molecule has 2 aliphatic heterocycles. The second-order valence-corrected chi connectivity index (χ2v) is 9.02. The second kappa shape index (κ2) is 8.68. The highest BCUT2D eigenvalue weighted by Crippen LogP contribution is 2.33. The van der Waals surface area contributed by atoms with Crippen LogP contribution in [0.5, 0.6) is 5.75 Å². The van der Waals surface area contributed by atoms with Gasteiger partial charge in [-0.25, -0.2) is 4.79 Å². The molecule has 1 saturated heterocycles. The zero-order valence-corrected chi connectivity index (χ0v) is 19.4. The minimum absolute atomic E-state index is 0.261. The highest BCUT2D eigenvalue weighted by Gasteiger charge is 2.30. The number of fused-ring (bicyclic) bond motifs is 3. The van der Waals surface area contributed by atoms with Gasteiger partial charge in [0.25, 0.3) is 5.56 Å². The normalized spacial score (nSPS) is 19.1. The molecule has 1 N–H and O–H groups in total. The van der Waals surface area contributed by atoms with E-state index in [2.05, 4.69) is 11.8 Å². The average molecular weight is 456 g/mol. The highest BCUT2D eigenvalue weighted by molar-refractivity contribution is 5.77. The summed E-state index contributed by atoms with van der Waals surface area (Å²) in [6, 6.07) is 7.81. The van der Waals surface area contributed by atoms with Crippen molar-refractivity contribution >= 4 is 22.8 Å². The summed E-state index contributed by atoms with van der Waals surface area (Å²) in [6.45, 7) is 7.95. The van der Waals surface area contributed by atoms with Crippen molar-refractivity contribution in [2.24, 2.45) is 13.0 Å². The maximum Gasteiger partial charge on any atom is 0.332 e. The zero-order valence-electron chi connectivity index (χ0n) is 19.4. The van der Waals surface area contributed by atoms with E-state index < -0.39 is 0 Å². The van der Waals surface area contributed by atoms with E-state index in [0.29, 0.717) is 36.1 Å². The van der Waals surface area contributed by atoms with Gasteiger partial charge in [-0.05, 0) is 30.2 Å². The van der Waals surface area contributed by atoms with E-state index in [0.717, 1.165) is 50.8 Å². The Morgan fingerprint density at radius 1 is 1.15 bits per heavy atom. The topological polar surface area (TPSA) is 88.0 Å². The molecular weight excluding hydrogens is 424 g/mol. The van der Waals surface area contributed by atoms with Crippen LogP contribution >= 0.6 is 0 Å². The number of rotatable bonds is 5. The molecule has 33 heavy (non-hydrogen) atoms. The number of quaternary nitrogens is 1. The molecule has 10 heteroatoms. The fourth-order valence-electron chi connectivity index (χ4n) is 4.86. The summed E-state index contributed by atoms with van der Waals surface area (Å²) < 4.78 is 15.6. The molecular formula is C23H31N6O4+. The number of ether oxygens (including phenoxy) is 2. The first kappa shape index (κ1) is 21.7. The van der Waals surface area contributed by atoms with Crippen molar-refractivity contribution < 1.29 is 14.4 Å². The number of anilines is 2. The summed E-state index contributed by atoms with van der Waals surface area (Å²) >= 11 is 0. The maximum atomic E-state index is 13.6. The molecule has 0 bridgehead atoms. The quantitative estimate of drug-likeness (QED) is 0.564. The van der Waals surface area contributed by atoms with E-state index in [1.807, 2.05) is 28.8 Å². The summed E-state index contributed by atoms with van der Waals surface area (Å²) in [6.07, 6.45) is 0. The number of nitrogens with zero attached hydrogens (tertiary/aromatic N) is 5. The molecule has 4 heterocycles. The lowest BCUT2D eigenvalue weighted by atomic mass is 10.1. The number of aromatic nitrogens is 4. The van der Waals surface area contributed by atoms with Crippen LogP contribution in [0.2, 0.25) is 0 Å². The van der Waals surface area contributed by atoms with Crippen molar-refractivity contribution in [3.63, 3.8) is 0 Å². The minimum atomic E-state index is -0.320. The number of imidazole rings is 1. The van der Waals surface area contributed by atoms with Crippen LogP contribution in [-0.4, -0.2) is 65.2 Å². The Labute approximate surface area is 191 Å². The van der Waals surface area contributed by atoms with Crippen LogP contribution in [0.25, 0.3) is 11.2 Å². The predicted octanol–water partition coefficient (Wildman–Crippen LogP) is -0.392. The molecule has 10 nitrogen and oxygen atoms in total. The molecule has 2 aromatic heterocycles. The lowest BCUT2D eigenvalue weighted by Crippen LogP contribution is -3.14. The molecule has 5 rings (SSSR count). The van der Waals surface area contributed by atoms with Gasteiger partial charge in [0.05, 0.1) is 33.4 Å². The van der Waals surface area contributed by atoms with Gasteiger partial charge in [-0.3, -0.25) is 13.9 Å². The van der Waals surface area contributed by atoms with Gasteiger partial charge in [-0.15, -0.1) is 0 Å². The fourth-order valence-corrected chi connectivity index (χ4v) is 4.86. The third kappa shape index (κ3) is 3.83. The van der Waals surface area contributed by atoms with Gasteiger partial charge in [0.1, 0.15) is 18.8 Å². The molecule has 0 amide bonds. The van der Waals surface area contributed by atoms with Crippen LogP contribution in [0.15, 0.2) is 33.9 Å². The minimum Gasteiger partial charge on any atom is -0.497 e. The smallest absolute Gasteiger partial charge is 0.332 e. The Bertz CT molecular complexity index is 1270. The standard InChI is InChI=1S/C23H30N6O4/c1-16-14-28(17-4-6-18(32-3)7-5-17)22-24-20-19(29(22)15-16)21(30)27(23(31)25(20)2)9-8-26-10-12-33-13-11-26/h4-7,16H,8-15H2,1-3H3/p+1/t16-/m0/s1. The number of methoxy groups -OCH3 is 1. The fraction of sp³-hybridized carbons (Fsp3) is 0.522. The predicted molar refractivity (Wildman–Crippen MR) is 125 cm³/mol. The Morgan fingerprint density at radius 3 is 2.58 bits per heavy atom. The van der Waals surface area contributed by atoms with Crippen molar-refractivity contribution in [3.8, 4) is 5.75 Å².